The van der Waals surface area contributed by atoms with Crippen molar-refractivity contribution in [2.45, 2.75) is 18.4 Å². The Morgan fingerprint density at radius 2 is 2.09 bits per heavy atom. The lowest BCUT2D eigenvalue weighted by molar-refractivity contribution is -0.118. The van der Waals surface area contributed by atoms with Gasteiger partial charge in [-0.1, -0.05) is 19.1 Å². The summed E-state index contributed by atoms with van der Waals surface area (Å²) in [6, 6.07) is 10.1. The number of pyridine rings is 1. The van der Waals surface area contributed by atoms with E-state index in [1.807, 2.05) is 25.1 Å². The molecule has 1 amide bonds. The third-order valence-corrected chi connectivity index (χ3v) is 4.16. The molecular formula is C15H15ClN2O4S. The fraction of sp³-hybridized carbons (Fsp3) is 0.200. The monoisotopic (exact) mass is 354 g/mol. The highest BCUT2D eigenvalue weighted by Crippen LogP contribution is 2.15. The minimum atomic E-state index is -3.88. The number of hydrogen-bond donors (Lipinski definition) is 1. The van der Waals surface area contributed by atoms with Crippen LogP contribution < -0.4 is 10.1 Å². The second kappa shape index (κ2) is 7.43. The van der Waals surface area contributed by atoms with Crippen molar-refractivity contribution in [1.82, 2.24) is 4.98 Å². The summed E-state index contributed by atoms with van der Waals surface area (Å²) in [5, 5.41) is 2.28. The topological polar surface area (TPSA) is 85.4 Å². The smallest absolute Gasteiger partial charge is 0.278 e. The van der Waals surface area contributed by atoms with E-state index in [-0.39, 0.29) is 17.5 Å². The number of rotatable bonds is 6. The van der Waals surface area contributed by atoms with Crippen LogP contribution in [0.4, 0.5) is 5.69 Å². The summed E-state index contributed by atoms with van der Waals surface area (Å²) in [6.45, 7) is 1.87. The van der Waals surface area contributed by atoms with Gasteiger partial charge in [-0.15, -0.1) is 0 Å². The fourth-order valence-corrected chi connectivity index (χ4v) is 2.48. The lowest BCUT2D eigenvalue weighted by atomic mass is 10.2. The van der Waals surface area contributed by atoms with Crippen LogP contribution in [-0.4, -0.2) is 25.9 Å². The number of nitrogens with zero attached hydrogens (tertiary/aromatic N) is 1. The highest BCUT2D eigenvalue weighted by atomic mass is 35.7. The first kappa shape index (κ1) is 17.2. The highest BCUT2D eigenvalue weighted by Gasteiger charge is 2.11. The molecule has 0 spiro atoms. The van der Waals surface area contributed by atoms with Crippen LogP contribution in [-0.2, 0) is 20.3 Å². The number of aromatic nitrogens is 1. The molecule has 2 aromatic rings. The first-order chi connectivity index (χ1) is 10.9. The molecule has 6 nitrogen and oxygen atoms in total. The van der Waals surface area contributed by atoms with Gasteiger partial charge in [0.15, 0.2) is 11.6 Å². The van der Waals surface area contributed by atoms with Crippen LogP contribution in [0.2, 0.25) is 0 Å². The van der Waals surface area contributed by atoms with E-state index in [9.17, 15) is 13.2 Å². The second-order valence-electron chi connectivity index (χ2n) is 4.66. The number of halogens is 1. The molecule has 1 N–H and O–H groups in total. The molecule has 1 heterocycles. The Bertz CT molecular complexity index is 791. The van der Waals surface area contributed by atoms with Gasteiger partial charge in [-0.25, -0.2) is 13.4 Å². The largest absolute Gasteiger partial charge is 0.484 e. The Morgan fingerprint density at radius 1 is 1.30 bits per heavy atom. The molecule has 0 radical (unpaired) electrons. The molecule has 0 aliphatic carbocycles. The number of benzene rings is 1. The zero-order chi connectivity index (χ0) is 16.9. The molecular weight excluding hydrogens is 340 g/mol. The molecule has 0 fully saturated rings. The number of carbonyl (C=O) groups excluding carboxylic acids is 1. The van der Waals surface area contributed by atoms with Gasteiger partial charge in [-0.05, 0) is 36.2 Å². The molecule has 0 aliphatic heterocycles. The number of anilines is 1. The molecule has 23 heavy (non-hydrogen) atoms. The van der Waals surface area contributed by atoms with Gasteiger partial charge in [0, 0.05) is 10.7 Å². The van der Waals surface area contributed by atoms with Crippen molar-refractivity contribution >= 4 is 31.3 Å². The van der Waals surface area contributed by atoms with E-state index in [1.54, 1.807) is 6.07 Å². The molecule has 0 aliphatic rings. The van der Waals surface area contributed by atoms with Crippen molar-refractivity contribution in [3.63, 3.8) is 0 Å². The number of amides is 1. The zero-order valence-electron chi connectivity index (χ0n) is 12.3. The minimum Gasteiger partial charge on any atom is -0.484 e. The molecule has 122 valence electrons. The lowest BCUT2D eigenvalue weighted by Crippen LogP contribution is -2.20. The Hall–Kier alpha value is -2.12. The summed E-state index contributed by atoms with van der Waals surface area (Å²) in [7, 11) is 1.28. The van der Waals surface area contributed by atoms with E-state index in [2.05, 4.69) is 10.3 Å². The normalized spacial score (nSPS) is 11.0. The van der Waals surface area contributed by atoms with E-state index < -0.39 is 9.05 Å². The number of hydrogen-bond acceptors (Lipinski definition) is 5. The Balaban J connectivity index is 1.92. The third kappa shape index (κ3) is 5.22. The second-order valence-corrected chi connectivity index (χ2v) is 7.17. The highest BCUT2D eigenvalue weighted by molar-refractivity contribution is 8.13. The molecule has 0 bridgehead atoms. The summed E-state index contributed by atoms with van der Waals surface area (Å²) < 4.78 is 27.6. The van der Waals surface area contributed by atoms with E-state index in [0.717, 1.165) is 12.0 Å². The van der Waals surface area contributed by atoms with Crippen molar-refractivity contribution in [2.24, 2.45) is 0 Å². The summed E-state index contributed by atoms with van der Waals surface area (Å²) in [5.41, 5.74) is 1.47. The molecule has 1 aromatic carbocycles. The number of carbonyl (C=O) groups is 1. The van der Waals surface area contributed by atoms with Gasteiger partial charge >= 0.3 is 0 Å². The fourth-order valence-electron chi connectivity index (χ4n) is 1.80. The summed E-state index contributed by atoms with van der Waals surface area (Å²) in [6.07, 6.45) is 2.09. The lowest BCUT2D eigenvalue weighted by Gasteiger charge is -2.08. The quantitative estimate of drug-likeness (QED) is 0.806. The third-order valence-electron chi connectivity index (χ3n) is 2.95. The van der Waals surface area contributed by atoms with Crippen LogP contribution in [0.3, 0.4) is 0 Å². The molecule has 0 atom stereocenters. The standard InChI is InChI=1S/C15H15ClN2O4S/c1-2-11-4-3-5-13(8-11)22-10-14(19)18-12-6-7-15(17-9-12)23(16,20)21/h3-9H,2,10H2,1H3,(H,18,19). The molecule has 0 saturated carbocycles. The molecule has 8 heteroatoms. The van der Waals surface area contributed by atoms with Gasteiger partial charge in [0.1, 0.15) is 5.75 Å². The maximum Gasteiger partial charge on any atom is 0.278 e. The summed E-state index contributed by atoms with van der Waals surface area (Å²) >= 11 is 0. The first-order valence-electron chi connectivity index (χ1n) is 6.81. The Morgan fingerprint density at radius 3 is 2.70 bits per heavy atom. The minimum absolute atomic E-state index is 0.164. The average Bonchev–Trinajstić information content (AvgIpc) is 2.53. The predicted molar refractivity (Wildman–Crippen MR) is 87.2 cm³/mol. The van der Waals surface area contributed by atoms with Crippen LogP contribution >= 0.6 is 10.7 Å². The van der Waals surface area contributed by atoms with E-state index in [4.69, 9.17) is 15.4 Å². The van der Waals surface area contributed by atoms with E-state index in [1.165, 1.54) is 18.3 Å². The van der Waals surface area contributed by atoms with Gasteiger partial charge in [0.25, 0.3) is 15.0 Å². The van der Waals surface area contributed by atoms with Gasteiger partial charge < -0.3 is 10.1 Å². The van der Waals surface area contributed by atoms with Crippen molar-refractivity contribution in [3.05, 3.63) is 48.2 Å². The van der Waals surface area contributed by atoms with Gasteiger partial charge in [-0.3, -0.25) is 4.79 Å². The van der Waals surface area contributed by atoms with Crippen molar-refractivity contribution < 1.29 is 17.9 Å². The molecule has 0 saturated heterocycles. The molecule has 0 unspecified atom stereocenters. The van der Waals surface area contributed by atoms with Gasteiger partial charge in [0.2, 0.25) is 0 Å². The van der Waals surface area contributed by atoms with E-state index in [0.29, 0.717) is 11.4 Å². The van der Waals surface area contributed by atoms with Crippen LogP contribution in [0.15, 0.2) is 47.6 Å². The zero-order valence-corrected chi connectivity index (χ0v) is 13.9. The maximum absolute atomic E-state index is 11.8. The average molecular weight is 355 g/mol. The molecule has 2 rings (SSSR count). The Kier molecular flexibility index (Phi) is 5.57. The molecule has 1 aromatic heterocycles. The summed E-state index contributed by atoms with van der Waals surface area (Å²) in [4.78, 5) is 15.5. The van der Waals surface area contributed by atoms with Crippen LogP contribution in [0, 0.1) is 0 Å². The van der Waals surface area contributed by atoms with Crippen molar-refractivity contribution in [2.75, 3.05) is 11.9 Å². The van der Waals surface area contributed by atoms with Crippen LogP contribution in [0.5, 0.6) is 5.75 Å². The maximum atomic E-state index is 11.8. The van der Waals surface area contributed by atoms with Crippen molar-refractivity contribution in [1.29, 1.82) is 0 Å². The van der Waals surface area contributed by atoms with E-state index >= 15 is 0 Å². The van der Waals surface area contributed by atoms with Crippen LogP contribution in [0.1, 0.15) is 12.5 Å². The summed E-state index contributed by atoms with van der Waals surface area (Å²) in [5.74, 6) is 0.233. The van der Waals surface area contributed by atoms with Crippen molar-refractivity contribution in [3.8, 4) is 5.75 Å². The van der Waals surface area contributed by atoms with Crippen LogP contribution in [0.25, 0.3) is 0 Å². The van der Waals surface area contributed by atoms with Gasteiger partial charge in [0.05, 0.1) is 11.9 Å². The predicted octanol–water partition coefficient (Wildman–Crippen LogP) is 2.59. The SMILES string of the molecule is CCc1cccc(OCC(=O)Nc2ccc(S(=O)(=O)Cl)nc2)c1. The van der Waals surface area contributed by atoms with Gasteiger partial charge in [-0.2, -0.15) is 0 Å². The Labute approximate surface area is 138 Å². The number of nitrogens with one attached hydrogen (secondary N) is 1. The number of aryl methyl sites for hydroxylation is 1. The first-order valence-corrected chi connectivity index (χ1v) is 9.11. The number of ether oxygens (including phenoxy) is 1.